The van der Waals surface area contributed by atoms with Crippen LogP contribution in [0.4, 0.5) is 0 Å². The number of ether oxygens (including phenoxy) is 1. The Balaban J connectivity index is 1.46. The van der Waals surface area contributed by atoms with Crippen molar-refractivity contribution in [2.45, 2.75) is 51.5 Å². The lowest BCUT2D eigenvalue weighted by Crippen LogP contribution is -2.67. The third-order valence-corrected chi connectivity index (χ3v) is 12.4. The number of benzene rings is 2. The molecule has 1 unspecified atom stereocenters. The monoisotopic (exact) mass is 476 g/mol. The molecule has 0 radical (unpaired) electrons. The summed E-state index contributed by atoms with van der Waals surface area (Å²) in [5.41, 5.74) is -0.259. The van der Waals surface area contributed by atoms with E-state index in [1.165, 1.54) is 10.4 Å². The number of hydrogen-bond acceptors (Lipinski definition) is 4. The summed E-state index contributed by atoms with van der Waals surface area (Å²) in [7, 11) is -2.65. The van der Waals surface area contributed by atoms with Gasteiger partial charge >= 0.3 is 5.69 Å². The maximum atomic E-state index is 12.5. The Labute approximate surface area is 200 Å². The van der Waals surface area contributed by atoms with Crippen molar-refractivity contribution >= 4 is 18.7 Å². The second-order valence-corrected chi connectivity index (χ2v) is 14.9. The van der Waals surface area contributed by atoms with Gasteiger partial charge in [-0.2, -0.15) is 0 Å². The number of rotatable bonds is 6. The first-order chi connectivity index (χ1) is 16.2. The molecule has 1 N–H and O–H groups in total. The number of aryl methyl sites for hydroxylation is 1. The van der Waals surface area contributed by atoms with E-state index in [4.69, 9.17) is 9.16 Å². The summed E-state index contributed by atoms with van der Waals surface area (Å²) in [5, 5.41) is 2.37. The minimum atomic E-state index is -2.65. The van der Waals surface area contributed by atoms with Gasteiger partial charge in [0.2, 0.25) is 0 Å². The molecular formula is C27H32N2O4Si. The quantitative estimate of drug-likeness (QED) is 0.555. The Hall–Kier alpha value is -2.74. The van der Waals surface area contributed by atoms with Crippen LogP contribution >= 0.6 is 0 Å². The van der Waals surface area contributed by atoms with Gasteiger partial charge < -0.3 is 9.16 Å². The van der Waals surface area contributed by atoms with Crippen LogP contribution in [0.1, 0.15) is 39.0 Å². The molecule has 5 rings (SSSR count). The van der Waals surface area contributed by atoms with Crippen molar-refractivity contribution in [2.75, 3.05) is 6.61 Å². The van der Waals surface area contributed by atoms with E-state index < -0.39 is 14.0 Å². The highest BCUT2D eigenvalue weighted by Gasteiger charge is 2.58. The molecule has 4 atom stereocenters. The first-order valence-electron chi connectivity index (χ1n) is 11.9. The molecule has 2 aromatic carbocycles. The molecule has 1 saturated carbocycles. The fraction of sp³-hybridized carbons (Fsp3) is 0.407. The Morgan fingerprint density at radius 3 is 2.15 bits per heavy atom. The van der Waals surface area contributed by atoms with Crippen LogP contribution in [-0.2, 0) is 9.16 Å². The predicted molar refractivity (Wildman–Crippen MR) is 135 cm³/mol. The van der Waals surface area contributed by atoms with E-state index >= 15 is 0 Å². The standard InChI is InChI=1S/C27H32N2O4Si/c1-18-16-29(26(31)28-24(18)30)25-22-15-21(22)23(33-25)17-32-34(27(2,3)4,19-11-7-5-8-12-19)20-13-9-6-10-14-20/h5-14,16,21-23,25H,15,17H2,1-4H3,(H,28,30,31)/t21-,22+,23-,25?/m1/s1. The van der Waals surface area contributed by atoms with Crippen LogP contribution in [0, 0.1) is 18.8 Å². The molecule has 1 aliphatic carbocycles. The zero-order valence-electron chi connectivity index (χ0n) is 20.2. The van der Waals surface area contributed by atoms with Crippen molar-refractivity contribution in [1.29, 1.82) is 0 Å². The van der Waals surface area contributed by atoms with Gasteiger partial charge in [0.15, 0.2) is 0 Å². The van der Waals surface area contributed by atoms with Gasteiger partial charge in [-0.3, -0.25) is 14.3 Å². The van der Waals surface area contributed by atoms with E-state index in [9.17, 15) is 9.59 Å². The lowest BCUT2D eigenvalue weighted by atomic mass is 10.2. The summed E-state index contributed by atoms with van der Waals surface area (Å²) in [6.45, 7) is 8.97. The van der Waals surface area contributed by atoms with Gasteiger partial charge in [0, 0.05) is 17.7 Å². The van der Waals surface area contributed by atoms with E-state index in [0.29, 0.717) is 18.1 Å². The van der Waals surface area contributed by atoms with Gasteiger partial charge in [0.25, 0.3) is 13.9 Å². The van der Waals surface area contributed by atoms with Crippen LogP contribution in [0.25, 0.3) is 0 Å². The summed E-state index contributed by atoms with van der Waals surface area (Å²) < 4.78 is 15.0. The van der Waals surface area contributed by atoms with Gasteiger partial charge in [-0.1, -0.05) is 81.4 Å². The average molecular weight is 477 g/mol. The molecule has 2 fully saturated rings. The van der Waals surface area contributed by atoms with Crippen molar-refractivity contribution in [2.24, 2.45) is 11.8 Å². The van der Waals surface area contributed by atoms with Gasteiger partial charge in [0.1, 0.15) is 6.23 Å². The number of nitrogens with one attached hydrogen (secondary N) is 1. The molecule has 1 saturated heterocycles. The van der Waals surface area contributed by atoms with Gasteiger partial charge in [-0.05, 0) is 34.7 Å². The molecule has 3 aromatic rings. The first-order valence-corrected chi connectivity index (χ1v) is 13.9. The zero-order valence-corrected chi connectivity index (χ0v) is 21.2. The maximum Gasteiger partial charge on any atom is 0.330 e. The number of H-pyrrole nitrogens is 1. The molecule has 0 spiro atoms. The van der Waals surface area contributed by atoms with Gasteiger partial charge in [-0.15, -0.1) is 0 Å². The molecule has 1 aromatic heterocycles. The van der Waals surface area contributed by atoms with E-state index in [-0.39, 0.29) is 28.8 Å². The molecule has 6 nitrogen and oxygen atoms in total. The fourth-order valence-corrected chi connectivity index (χ4v) is 10.1. The Morgan fingerprint density at radius 1 is 1.00 bits per heavy atom. The molecule has 34 heavy (non-hydrogen) atoms. The molecule has 178 valence electrons. The summed E-state index contributed by atoms with van der Waals surface area (Å²) in [6, 6.07) is 21.2. The predicted octanol–water partition coefficient (Wildman–Crippen LogP) is 2.96. The highest BCUT2D eigenvalue weighted by molar-refractivity contribution is 6.99. The number of aromatic nitrogens is 2. The molecule has 0 bridgehead atoms. The summed E-state index contributed by atoms with van der Waals surface area (Å²) in [6.07, 6.45) is 2.17. The molecular weight excluding hydrogens is 444 g/mol. The Bertz CT molecular complexity index is 1240. The van der Waals surface area contributed by atoms with Crippen LogP contribution in [0.2, 0.25) is 5.04 Å². The van der Waals surface area contributed by atoms with Gasteiger partial charge in [0.05, 0.1) is 12.7 Å². The van der Waals surface area contributed by atoms with E-state index in [2.05, 4.69) is 74.3 Å². The van der Waals surface area contributed by atoms with E-state index in [1.807, 2.05) is 12.1 Å². The topological polar surface area (TPSA) is 73.3 Å². The van der Waals surface area contributed by atoms with Crippen LogP contribution in [0.3, 0.4) is 0 Å². The maximum absolute atomic E-state index is 12.5. The lowest BCUT2D eigenvalue weighted by molar-refractivity contribution is -0.0489. The normalized spacial score (nSPS) is 24.1. The fourth-order valence-electron chi connectivity index (χ4n) is 5.55. The molecule has 0 amide bonds. The highest BCUT2D eigenvalue weighted by Crippen LogP contribution is 2.56. The largest absolute Gasteiger partial charge is 0.405 e. The number of nitrogens with zero attached hydrogens (tertiary/aromatic N) is 1. The van der Waals surface area contributed by atoms with Crippen LogP contribution in [-0.4, -0.2) is 30.6 Å². The molecule has 2 heterocycles. The highest BCUT2D eigenvalue weighted by atomic mass is 28.4. The minimum absolute atomic E-state index is 0.0872. The van der Waals surface area contributed by atoms with Crippen LogP contribution in [0.5, 0.6) is 0 Å². The van der Waals surface area contributed by atoms with Gasteiger partial charge in [-0.25, -0.2) is 4.79 Å². The Morgan fingerprint density at radius 2 is 1.59 bits per heavy atom. The minimum Gasteiger partial charge on any atom is -0.405 e. The van der Waals surface area contributed by atoms with Crippen molar-refractivity contribution in [3.8, 4) is 0 Å². The Kier molecular flexibility index (Phi) is 5.74. The number of aromatic amines is 1. The van der Waals surface area contributed by atoms with Crippen LogP contribution in [0.15, 0.2) is 76.4 Å². The van der Waals surface area contributed by atoms with Crippen molar-refractivity contribution in [3.63, 3.8) is 0 Å². The molecule has 7 heteroatoms. The summed E-state index contributed by atoms with van der Waals surface area (Å²) >= 11 is 0. The number of hydrogen-bond donors (Lipinski definition) is 1. The first kappa shape index (κ1) is 23.0. The van der Waals surface area contributed by atoms with E-state index in [1.54, 1.807) is 17.7 Å². The van der Waals surface area contributed by atoms with Crippen molar-refractivity contribution in [1.82, 2.24) is 9.55 Å². The van der Waals surface area contributed by atoms with Crippen LogP contribution < -0.4 is 21.6 Å². The summed E-state index contributed by atoms with van der Waals surface area (Å²) in [4.78, 5) is 26.7. The molecule has 1 aliphatic heterocycles. The number of fused-ring (bicyclic) bond motifs is 1. The molecule has 2 aliphatic rings. The third kappa shape index (κ3) is 3.81. The SMILES string of the molecule is Cc1cn(C2O[C@H](CO[Si](c3ccccc3)(c3ccccc3)C(C)(C)C)[C@@H]3C[C@H]23)c(=O)[nH]c1=O. The second kappa shape index (κ2) is 8.48. The third-order valence-electron chi connectivity index (χ3n) is 7.35. The van der Waals surface area contributed by atoms with Crippen molar-refractivity contribution in [3.05, 3.63) is 93.3 Å². The average Bonchev–Trinajstić information content (AvgIpc) is 3.53. The lowest BCUT2D eigenvalue weighted by Gasteiger charge is -2.43. The smallest absolute Gasteiger partial charge is 0.330 e. The van der Waals surface area contributed by atoms with E-state index in [0.717, 1.165) is 6.42 Å². The zero-order chi connectivity index (χ0) is 24.1. The second-order valence-electron chi connectivity index (χ2n) is 10.6. The van der Waals surface area contributed by atoms with Crippen molar-refractivity contribution < 1.29 is 9.16 Å². The summed E-state index contributed by atoms with van der Waals surface area (Å²) in [5.74, 6) is 0.637.